The molecule has 0 saturated carbocycles. The van der Waals surface area contributed by atoms with Gasteiger partial charge in [-0.1, -0.05) is 0 Å². The summed E-state index contributed by atoms with van der Waals surface area (Å²) in [5, 5.41) is 35.5. The lowest BCUT2D eigenvalue weighted by Gasteiger charge is -2.19. The van der Waals surface area contributed by atoms with Crippen LogP contribution in [0.4, 0.5) is 0 Å². The van der Waals surface area contributed by atoms with E-state index in [2.05, 4.69) is 4.52 Å². The number of carbonyl (C=O) groups is 1. The third kappa shape index (κ3) is 5.24. The van der Waals surface area contributed by atoms with Gasteiger partial charge < -0.3 is 20.4 Å². The monoisotopic (exact) mass is 243 g/mol. The SMILES string of the molecule is O=C(CO)[C@H](O)[C@@H](O)[C@H](O)CO[P+](=O)O. The number of aliphatic hydroxyl groups is 4. The molecule has 0 heterocycles. The Morgan fingerprint density at radius 3 is 2.27 bits per heavy atom. The van der Waals surface area contributed by atoms with Gasteiger partial charge in [0, 0.05) is 4.57 Å². The zero-order chi connectivity index (χ0) is 12.0. The van der Waals surface area contributed by atoms with Crippen LogP contribution in [-0.4, -0.2) is 62.6 Å². The van der Waals surface area contributed by atoms with Crippen molar-refractivity contribution in [2.75, 3.05) is 13.2 Å². The molecule has 0 aromatic heterocycles. The summed E-state index contributed by atoms with van der Waals surface area (Å²) in [5.41, 5.74) is 0. The summed E-state index contributed by atoms with van der Waals surface area (Å²) in [5.74, 6) is -1.07. The van der Waals surface area contributed by atoms with E-state index in [9.17, 15) is 9.36 Å². The molecule has 5 N–H and O–H groups in total. The molecule has 0 saturated heterocycles. The molecule has 0 aromatic carbocycles. The maximum atomic E-state index is 10.7. The highest BCUT2D eigenvalue weighted by Crippen LogP contribution is 2.15. The second kappa shape index (κ2) is 6.91. The second-order valence-corrected chi connectivity index (χ2v) is 3.39. The normalized spacial score (nSPS) is 18.1. The highest BCUT2D eigenvalue weighted by Gasteiger charge is 2.31. The van der Waals surface area contributed by atoms with Crippen LogP contribution < -0.4 is 0 Å². The van der Waals surface area contributed by atoms with Crippen LogP contribution in [0.3, 0.4) is 0 Å². The maximum Gasteiger partial charge on any atom is 0.694 e. The fourth-order valence-electron chi connectivity index (χ4n) is 0.733. The number of hydrogen-bond donors (Lipinski definition) is 5. The molecule has 0 amide bonds. The van der Waals surface area contributed by atoms with Crippen molar-refractivity contribution in [1.82, 2.24) is 0 Å². The van der Waals surface area contributed by atoms with E-state index in [0.29, 0.717) is 0 Å². The lowest BCUT2D eigenvalue weighted by Crippen LogP contribution is -2.44. The first-order chi connectivity index (χ1) is 6.90. The lowest BCUT2D eigenvalue weighted by molar-refractivity contribution is -0.142. The molecule has 0 rings (SSSR count). The number of rotatable bonds is 7. The summed E-state index contributed by atoms with van der Waals surface area (Å²) in [6.45, 7) is -1.71. The van der Waals surface area contributed by atoms with Crippen molar-refractivity contribution in [2.45, 2.75) is 18.3 Å². The number of aliphatic hydroxyl groups excluding tert-OH is 4. The van der Waals surface area contributed by atoms with Crippen LogP contribution in [-0.2, 0) is 13.9 Å². The predicted molar refractivity (Wildman–Crippen MR) is 45.9 cm³/mol. The number of Topliss-reactive ketones (excluding diaryl/α,β-unsaturated/α-hetero) is 1. The van der Waals surface area contributed by atoms with Gasteiger partial charge in [0.2, 0.25) is 0 Å². The van der Waals surface area contributed by atoms with E-state index in [1.807, 2.05) is 0 Å². The summed E-state index contributed by atoms with van der Waals surface area (Å²) in [6, 6.07) is 0. The molecule has 0 aromatic rings. The maximum absolute atomic E-state index is 10.7. The highest BCUT2D eigenvalue weighted by atomic mass is 31.1. The van der Waals surface area contributed by atoms with Crippen molar-refractivity contribution in [1.29, 1.82) is 0 Å². The minimum absolute atomic E-state index is 0.720. The topological polar surface area (TPSA) is 145 Å². The Kier molecular flexibility index (Phi) is 6.70. The van der Waals surface area contributed by atoms with Crippen LogP contribution in [0.15, 0.2) is 0 Å². The first-order valence-corrected chi connectivity index (χ1v) is 5.00. The molecule has 8 nitrogen and oxygen atoms in total. The van der Waals surface area contributed by atoms with Crippen molar-refractivity contribution < 1.29 is 39.2 Å². The van der Waals surface area contributed by atoms with E-state index in [4.69, 9.17) is 25.3 Å². The molecule has 0 aliphatic heterocycles. The minimum Gasteiger partial charge on any atom is -0.388 e. The van der Waals surface area contributed by atoms with Gasteiger partial charge in [-0.15, -0.1) is 9.42 Å². The van der Waals surface area contributed by atoms with E-state index in [0.717, 1.165) is 0 Å². The molecule has 9 heteroatoms. The van der Waals surface area contributed by atoms with Gasteiger partial charge in [-0.2, -0.15) is 0 Å². The van der Waals surface area contributed by atoms with Crippen molar-refractivity contribution in [3.8, 4) is 0 Å². The molecule has 0 fully saturated rings. The van der Waals surface area contributed by atoms with E-state index in [1.54, 1.807) is 0 Å². The van der Waals surface area contributed by atoms with Crippen LogP contribution in [0.5, 0.6) is 0 Å². The standard InChI is InChI=1S/C6H11O8P/c7-1-3(8)5(10)6(11)4(9)2-14-15(12)13/h4-7,9-11H,1-2H2/p+1/t4-,5+,6+/m1/s1. The van der Waals surface area contributed by atoms with Crippen LogP contribution in [0.2, 0.25) is 0 Å². The average molecular weight is 243 g/mol. The molecule has 0 aliphatic rings. The van der Waals surface area contributed by atoms with E-state index in [1.165, 1.54) is 0 Å². The Labute approximate surface area is 85.7 Å². The smallest absolute Gasteiger partial charge is 0.388 e. The van der Waals surface area contributed by atoms with E-state index in [-0.39, 0.29) is 0 Å². The zero-order valence-corrected chi connectivity index (χ0v) is 8.45. The van der Waals surface area contributed by atoms with Crippen LogP contribution >= 0.6 is 8.25 Å². The first-order valence-electron chi connectivity index (χ1n) is 3.87. The third-order valence-electron chi connectivity index (χ3n) is 1.56. The van der Waals surface area contributed by atoms with Gasteiger partial charge in [-0.3, -0.25) is 4.79 Å². The van der Waals surface area contributed by atoms with Gasteiger partial charge in [0.1, 0.15) is 31.5 Å². The van der Waals surface area contributed by atoms with Crippen molar-refractivity contribution in [3.05, 3.63) is 0 Å². The summed E-state index contributed by atoms with van der Waals surface area (Å²) < 4.78 is 14.1. The number of ketones is 1. The van der Waals surface area contributed by atoms with Crippen molar-refractivity contribution in [3.63, 3.8) is 0 Å². The van der Waals surface area contributed by atoms with E-state index >= 15 is 0 Å². The number of hydrogen-bond acceptors (Lipinski definition) is 7. The van der Waals surface area contributed by atoms with Gasteiger partial charge in [0.15, 0.2) is 5.78 Å². The minimum atomic E-state index is -2.93. The molecule has 4 atom stereocenters. The molecule has 0 spiro atoms. The van der Waals surface area contributed by atoms with Crippen LogP contribution in [0, 0.1) is 0 Å². The van der Waals surface area contributed by atoms with Gasteiger partial charge in [-0.25, -0.2) is 0 Å². The number of carbonyl (C=O) groups excluding carboxylic acids is 1. The first kappa shape index (κ1) is 14.5. The Hall–Kier alpha value is -0.470. The second-order valence-electron chi connectivity index (χ2n) is 2.66. The Morgan fingerprint density at radius 1 is 1.33 bits per heavy atom. The summed E-state index contributed by atoms with van der Waals surface area (Å²) in [4.78, 5) is 18.9. The van der Waals surface area contributed by atoms with Crippen molar-refractivity contribution >= 4 is 14.0 Å². The third-order valence-corrected chi connectivity index (χ3v) is 1.93. The largest absolute Gasteiger partial charge is 0.694 e. The molecule has 0 aliphatic carbocycles. The Balaban J connectivity index is 4.12. The molecule has 0 bridgehead atoms. The van der Waals surface area contributed by atoms with Gasteiger partial charge in [-0.05, 0) is 0 Å². The molecule has 1 unspecified atom stereocenters. The summed E-state index contributed by atoms with van der Waals surface area (Å²) >= 11 is 0. The average Bonchev–Trinajstić information content (AvgIpc) is 2.22. The van der Waals surface area contributed by atoms with Crippen LogP contribution in [0.25, 0.3) is 0 Å². The summed E-state index contributed by atoms with van der Waals surface area (Å²) in [6.07, 6.45) is -5.56. The van der Waals surface area contributed by atoms with E-state index < -0.39 is 45.6 Å². The molecular formula is C6H12O8P+. The Morgan fingerprint density at radius 2 is 1.87 bits per heavy atom. The molecule has 0 radical (unpaired) electrons. The van der Waals surface area contributed by atoms with Crippen LogP contribution in [0.1, 0.15) is 0 Å². The van der Waals surface area contributed by atoms with Gasteiger partial charge in [0.05, 0.1) is 0 Å². The van der Waals surface area contributed by atoms with Crippen molar-refractivity contribution in [2.24, 2.45) is 0 Å². The molecule has 88 valence electrons. The molecule has 15 heavy (non-hydrogen) atoms. The van der Waals surface area contributed by atoms with Gasteiger partial charge in [0.25, 0.3) is 0 Å². The fraction of sp³-hybridized carbons (Fsp3) is 0.833. The molecular weight excluding hydrogens is 231 g/mol. The van der Waals surface area contributed by atoms with Gasteiger partial charge >= 0.3 is 8.25 Å². The quantitative estimate of drug-likeness (QED) is 0.304. The Bertz CT molecular complexity index is 231. The fourth-order valence-corrected chi connectivity index (χ4v) is 1.01. The highest BCUT2D eigenvalue weighted by molar-refractivity contribution is 7.32. The lowest BCUT2D eigenvalue weighted by atomic mass is 10.1. The summed E-state index contributed by atoms with van der Waals surface area (Å²) in [7, 11) is -2.93. The zero-order valence-electron chi connectivity index (χ0n) is 7.55. The predicted octanol–water partition coefficient (Wildman–Crippen LogP) is -2.70.